The number of ether oxygens (including phenoxy) is 2. The van der Waals surface area contributed by atoms with E-state index < -0.39 is 0 Å². The fourth-order valence-electron chi connectivity index (χ4n) is 4.14. The van der Waals surface area contributed by atoms with Crippen molar-refractivity contribution in [1.82, 2.24) is 10.2 Å². The summed E-state index contributed by atoms with van der Waals surface area (Å²) in [5.41, 5.74) is 1.83. The Morgan fingerprint density at radius 2 is 1.77 bits per heavy atom. The molecule has 2 aromatic carbocycles. The summed E-state index contributed by atoms with van der Waals surface area (Å²) in [6.07, 6.45) is 0.296. The van der Waals surface area contributed by atoms with Gasteiger partial charge in [0.15, 0.2) is 0 Å². The molecule has 4 rings (SSSR count). The third-order valence-corrected chi connectivity index (χ3v) is 5.81. The minimum Gasteiger partial charge on any atom is -0.497 e. The van der Waals surface area contributed by atoms with Gasteiger partial charge in [0, 0.05) is 50.9 Å². The van der Waals surface area contributed by atoms with E-state index in [2.05, 4.69) is 10.2 Å². The van der Waals surface area contributed by atoms with Crippen LogP contribution in [0.1, 0.15) is 6.42 Å². The van der Waals surface area contributed by atoms with Gasteiger partial charge >= 0.3 is 6.03 Å². The summed E-state index contributed by atoms with van der Waals surface area (Å²) in [4.78, 5) is 31.0. The van der Waals surface area contributed by atoms with E-state index in [1.807, 2.05) is 53.4 Å². The number of hydrogen-bond donors (Lipinski definition) is 1. The van der Waals surface area contributed by atoms with Gasteiger partial charge in [0.1, 0.15) is 11.5 Å². The Morgan fingerprint density at radius 1 is 1.00 bits per heavy atom. The molecule has 0 saturated carbocycles. The van der Waals surface area contributed by atoms with Crippen LogP contribution in [0.15, 0.2) is 48.5 Å². The zero-order chi connectivity index (χ0) is 21.8. The van der Waals surface area contributed by atoms with Crippen LogP contribution in [0.4, 0.5) is 16.2 Å². The van der Waals surface area contributed by atoms with E-state index in [1.54, 1.807) is 19.1 Å². The summed E-state index contributed by atoms with van der Waals surface area (Å²) in [6, 6.07) is 15.0. The van der Waals surface area contributed by atoms with Crippen LogP contribution < -0.4 is 24.6 Å². The van der Waals surface area contributed by atoms with Gasteiger partial charge in [-0.2, -0.15) is 0 Å². The van der Waals surface area contributed by atoms with Gasteiger partial charge in [0.05, 0.1) is 25.9 Å². The molecule has 2 saturated heterocycles. The van der Waals surface area contributed by atoms with Gasteiger partial charge in [-0.05, 0) is 24.3 Å². The van der Waals surface area contributed by atoms with Gasteiger partial charge in [-0.3, -0.25) is 4.79 Å². The molecule has 2 heterocycles. The van der Waals surface area contributed by atoms with Gasteiger partial charge in [-0.15, -0.1) is 0 Å². The van der Waals surface area contributed by atoms with E-state index >= 15 is 0 Å². The highest BCUT2D eigenvalue weighted by Crippen LogP contribution is 2.29. The predicted molar refractivity (Wildman–Crippen MR) is 119 cm³/mol. The molecular formula is C23H28N4O4. The highest BCUT2D eigenvalue weighted by molar-refractivity contribution is 5.97. The van der Waals surface area contributed by atoms with Crippen molar-refractivity contribution < 1.29 is 19.1 Å². The zero-order valence-electron chi connectivity index (χ0n) is 17.9. The topological polar surface area (TPSA) is 74.3 Å². The molecule has 31 heavy (non-hydrogen) atoms. The summed E-state index contributed by atoms with van der Waals surface area (Å²) in [6.45, 7) is 3.15. The van der Waals surface area contributed by atoms with Gasteiger partial charge in [0.2, 0.25) is 5.91 Å². The molecule has 0 radical (unpaired) electrons. The van der Waals surface area contributed by atoms with Gasteiger partial charge in [-0.1, -0.05) is 18.2 Å². The summed E-state index contributed by atoms with van der Waals surface area (Å²) < 4.78 is 10.7. The maximum absolute atomic E-state index is 12.8. The maximum Gasteiger partial charge on any atom is 0.317 e. The number of nitrogens with one attached hydrogen (secondary N) is 1. The zero-order valence-corrected chi connectivity index (χ0v) is 17.9. The summed E-state index contributed by atoms with van der Waals surface area (Å²) in [5, 5.41) is 3.03. The number of methoxy groups -OCH3 is 2. The fourth-order valence-corrected chi connectivity index (χ4v) is 4.14. The largest absolute Gasteiger partial charge is 0.497 e. The monoisotopic (exact) mass is 424 g/mol. The molecule has 2 fully saturated rings. The van der Waals surface area contributed by atoms with Crippen LogP contribution in [0.25, 0.3) is 0 Å². The molecule has 8 heteroatoms. The molecule has 1 atom stereocenters. The molecule has 0 bridgehead atoms. The maximum atomic E-state index is 12.8. The van der Waals surface area contributed by atoms with E-state index in [1.165, 1.54) is 0 Å². The standard InChI is InChI=1S/C23H28N4O4/c1-30-19-7-5-6-18(15-19)27-16-17(14-22(27)28)24-23(29)26-12-10-25(11-13-26)20-8-3-4-9-21(20)31-2/h3-9,15,17H,10-14,16H2,1-2H3,(H,24,29)/t17-/m0/s1. The SMILES string of the molecule is COc1cccc(N2C[C@@H](NC(=O)N3CCN(c4ccccc4OC)CC3)CC2=O)c1. The van der Waals surface area contributed by atoms with E-state index in [4.69, 9.17) is 9.47 Å². The van der Waals surface area contributed by atoms with Crippen LogP contribution in [-0.4, -0.2) is 69.8 Å². The highest BCUT2D eigenvalue weighted by Gasteiger charge is 2.33. The third kappa shape index (κ3) is 4.52. The van der Waals surface area contributed by atoms with Crippen LogP contribution in [0.2, 0.25) is 0 Å². The van der Waals surface area contributed by atoms with Crippen molar-refractivity contribution in [2.45, 2.75) is 12.5 Å². The van der Waals surface area contributed by atoms with Crippen LogP contribution in [0.5, 0.6) is 11.5 Å². The fraction of sp³-hybridized carbons (Fsp3) is 0.391. The number of amides is 3. The molecule has 0 aliphatic carbocycles. The van der Waals surface area contributed by atoms with Gasteiger partial charge in [-0.25, -0.2) is 4.79 Å². The summed E-state index contributed by atoms with van der Waals surface area (Å²) >= 11 is 0. The minimum absolute atomic E-state index is 0.000421. The second-order valence-corrected chi connectivity index (χ2v) is 7.70. The lowest BCUT2D eigenvalue weighted by atomic mass is 10.2. The van der Waals surface area contributed by atoms with Crippen molar-refractivity contribution in [2.24, 2.45) is 0 Å². The molecular weight excluding hydrogens is 396 g/mol. The number of piperazine rings is 1. The normalized spacial score (nSPS) is 18.8. The molecule has 0 unspecified atom stereocenters. The van der Waals surface area contributed by atoms with E-state index in [-0.39, 0.29) is 18.0 Å². The first-order valence-electron chi connectivity index (χ1n) is 10.5. The van der Waals surface area contributed by atoms with E-state index in [0.29, 0.717) is 31.8 Å². The summed E-state index contributed by atoms with van der Waals surface area (Å²) in [7, 11) is 3.27. The Balaban J connectivity index is 1.32. The number of hydrogen-bond acceptors (Lipinski definition) is 5. The lowest BCUT2D eigenvalue weighted by Crippen LogP contribution is -2.54. The second-order valence-electron chi connectivity index (χ2n) is 7.70. The average Bonchev–Trinajstić information content (AvgIpc) is 3.19. The van der Waals surface area contributed by atoms with Crippen molar-refractivity contribution >= 4 is 23.3 Å². The Labute approximate surface area is 182 Å². The molecule has 1 N–H and O–H groups in total. The lowest BCUT2D eigenvalue weighted by Gasteiger charge is -2.37. The minimum atomic E-state index is -0.210. The van der Waals surface area contributed by atoms with Crippen molar-refractivity contribution in [3.63, 3.8) is 0 Å². The Kier molecular flexibility index (Phi) is 6.16. The molecule has 164 valence electrons. The summed E-state index contributed by atoms with van der Waals surface area (Å²) in [5.74, 6) is 1.53. The first kappa shape index (κ1) is 20.8. The van der Waals surface area contributed by atoms with Gasteiger partial charge in [0.25, 0.3) is 0 Å². The van der Waals surface area contributed by atoms with Crippen LogP contribution in [0.3, 0.4) is 0 Å². The molecule has 2 aromatic rings. The molecule has 3 amide bonds. The molecule has 2 aliphatic rings. The lowest BCUT2D eigenvalue weighted by molar-refractivity contribution is -0.117. The molecule has 8 nitrogen and oxygen atoms in total. The van der Waals surface area contributed by atoms with Crippen molar-refractivity contribution in [3.05, 3.63) is 48.5 Å². The number of carbonyl (C=O) groups is 2. The first-order valence-corrected chi connectivity index (χ1v) is 10.5. The van der Waals surface area contributed by atoms with Crippen molar-refractivity contribution in [1.29, 1.82) is 0 Å². The number of para-hydroxylation sites is 2. The Hall–Kier alpha value is -3.42. The predicted octanol–water partition coefficient (Wildman–Crippen LogP) is 2.34. The van der Waals surface area contributed by atoms with Gasteiger partial charge < -0.3 is 29.5 Å². The van der Waals surface area contributed by atoms with Crippen LogP contribution in [-0.2, 0) is 4.79 Å². The first-order chi connectivity index (χ1) is 15.1. The van der Waals surface area contributed by atoms with Crippen LogP contribution >= 0.6 is 0 Å². The molecule has 2 aliphatic heterocycles. The number of carbonyl (C=O) groups excluding carboxylic acids is 2. The molecule has 0 spiro atoms. The van der Waals surface area contributed by atoms with E-state index in [9.17, 15) is 9.59 Å². The van der Waals surface area contributed by atoms with E-state index in [0.717, 1.165) is 30.2 Å². The number of nitrogens with zero attached hydrogens (tertiary/aromatic N) is 3. The quantitative estimate of drug-likeness (QED) is 0.798. The van der Waals surface area contributed by atoms with Crippen LogP contribution in [0, 0.1) is 0 Å². The smallest absolute Gasteiger partial charge is 0.317 e. The molecule has 0 aromatic heterocycles. The van der Waals surface area contributed by atoms with Crippen molar-refractivity contribution in [3.8, 4) is 11.5 Å². The Morgan fingerprint density at radius 3 is 2.52 bits per heavy atom. The third-order valence-electron chi connectivity index (χ3n) is 5.81. The number of anilines is 2. The Bertz CT molecular complexity index is 943. The average molecular weight is 425 g/mol. The number of urea groups is 1. The van der Waals surface area contributed by atoms with Crippen molar-refractivity contribution in [2.75, 3.05) is 56.7 Å². The number of benzene rings is 2. The highest BCUT2D eigenvalue weighted by atomic mass is 16.5. The number of rotatable bonds is 5. The second kappa shape index (κ2) is 9.16.